The molecular weight excluding hydrogens is 324 g/mol. The number of para-hydroxylation sites is 1. The molecule has 3 amide bonds. The SMILES string of the molecule is CCNC(=O)NC(=O)C[NH+]1CCC(c2nc3ccccc3s2)CC1. The maximum Gasteiger partial charge on any atom is 0.321 e. The number of rotatable bonds is 4. The molecule has 7 heteroatoms. The number of fused-ring (bicyclic) bond motifs is 1. The molecule has 6 nitrogen and oxygen atoms in total. The van der Waals surface area contributed by atoms with Gasteiger partial charge in [0, 0.05) is 25.3 Å². The van der Waals surface area contributed by atoms with Gasteiger partial charge in [-0.2, -0.15) is 0 Å². The molecule has 3 rings (SSSR count). The summed E-state index contributed by atoms with van der Waals surface area (Å²) in [4.78, 5) is 29.2. The lowest BCUT2D eigenvalue weighted by atomic mass is 9.97. The summed E-state index contributed by atoms with van der Waals surface area (Å²) in [6.07, 6.45) is 2.06. The van der Waals surface area contributed by atoms with Gasteiger partial charge in [-0.3, -0.25) is 10.1 Å². The predicted molar refractivity (Wildman–Crippen MR) is 94.4 cm³/mol. The summed E-state index contributed by atoms with van der Waals surface area (Å²) in [6.45, 7) is 4.55. The first kappa shape index (κ1) is 16.9. The summed E-state index contributed by atoms with van der Waals surface area (Å²) < 4.78 is 1.24. The molecule has 1 aromatic carbocycles. The Kier molecular flexibility index (Phi) is 5.42. The number of carbonyl (C=O) groups is 2. The Bertz CT molecular complexity index is 689. The molecule has 0 saturated carbocycles. The molecule has 0 radical (unpaired) electrons. The normalized spacial score (nSPS) is 20.7. The van der Waals surface area contributed by atoms with Crippen LogP contribution in [0.2, 0.25) is 0 Å². The molecule has 0 bridgehead atoms. The van der Waals surface area contributed by atoms with Crippen molar-refractivity contribution in [3.63, 3.8) is 0 Å². The maximum atomic E-state index is 11.9. The van der Waals surface area contributed by atoms with E-state index in [0.29, 0.717) is 19.0 Å². The van der Waals surface area contributed by atoms with Crippen molar-refractivity contribution in [3.8, 4) is 0 Å². The largest absolute Gasteiger partial charge is 0.338 e. The highest BCUT2D eigenvalue weighted by Gasteiger charge is 2.27. The number of thiazole rings is 1. The number of likely N-dealkylation sites (tertiary alicyclic amines) is 1. The van der Waals surface area contributed by atoms with Gasteiger partial charge in [0.05, 0.1) is 28.3 Å². The summed E-state index contributed by atoms with van der Waals surface area (Å²) in [6, 6.07) is 7.83. The number of nitrogens with one attached hydrogen (secondary N) is 3. The Morgan fingerprint density at radius 1 is 1.29 bits per heavy atom. The van der Waals surface area contributed by atoms with Crippen LogP contribution in [0.25, 0.3) is 10.2 Å². The van der Waals surface area contributed by atoms with E-state index in [2.05, 4.69) is 22.8 Å². The monoisotopic (exact) mass is 347 g/mol. The Labute approximate surface area is 145 Å². The summed E-state index contributed by atoms with van der Waals surface area (Å²) in [5, 5.41) is 6.15. The quantitative estimate of drug-likeness (QED) is 0.769. The van der Waals surface area contributed by atoms with E-state index in [1.165, 1.54) is 14.6 Å². The second-order valence-electron chi connectivity index (χ2n) is 6.13. The van der Waals surface area contributed by atoms with E-state index < -0.39 is 6.03 Å². The molecule has 24 heavy (non-hydrogen) atoms. The zero-order valence-electron chi connectivity index (χ0n) is 13.8. The van der Waals surface area contributed by atoms with Gasteiger partial charge < -0.3 is 10.2 Å². The topological polar surface area (TPSA) is 75.5 Å². The molecule has 3 N–H and O–H groups in total. The molecule has 0 spiro atoms. The number of benzene rings is 1. The van der Waals surface area contributed by atoms with Gasteiger partial charge in [0.25, 0.3) is 5.91 Å². The third-order valence-electron chi connectivity index (χ3n) is 4.35. The third kappa shape index (κ3) is 4.10. The molecule has 2 aromatic rings. The van der Waals surface area contributed by atoms with Crippen LogP contribution in [0.15, 0.2) is 24.3 Å². The molecule has 1 saturated heterocycles. The van der Waals surface area contributed by atoms with Gasteiger partial charge in [0.1, 0.15) is 0 Å². The van der Waals surface area contributed by atoms with E-state index in [-0.39, 0.29) is 5.91 Å². The molecule has 1 aliphatic heterocycles. The Hall–Kier alpha value is -1.99. The van der Waals surface area contributed by atoms with Crippen LogP contribution in [0.5, 0.6) is 0 Å². The number of urea groups is 1. The van der Waals surface area contributed by atoms with Gasteiger partial charge in [-0.1, -0.05) is 12.1 Å². The van der Waals surface area contributed by atoms with Gasteiger partial charge in [0.15, 0.2) is 6.54 Å². The minimum absolute atomic E-state index is 0.214. The average Bonchev–Trinajstić information content (AvgIpc) is 2.99. The second-order valence-corrected chi connectivity index (χ2v) is 7.19. The number of nitrogens with zero attached hydrogens (tertiary/aromatic N) is 1. The summed E-state index contributed by atoms with van der Waals surface area (Å²) in [5.41, 5.74) is 1.08. The minimum Gasteiger partial charge on any atom is -0.338 e. The van der Waals surface area contributed by atoms with Crippen molar-refractivity contribution in [2.45, 2.75) is 25.7 Å². The maximum absolute atomic E-state index is 11.9. The van der Waals surface area contributed by atoms with E-state index in [0.717, 1.165) is 31.4 Å². The number of carbonyl (C=O) groups excluding carboxylic acids is 2. The molecule has 1 aliphatic rings. The van der Waals surface area contributed by atoms with Gasteiger partial charge in [-0.25, -0.2) is 9.78 Å². The molecule has 0 aliphatic carbocycles. The van der Waals surface area contributed by atoms with Crippen molar-refractivity contribution in [2.24, 2.45) is 0 Å². The summed E-state index contributed by atoms with van der Waals surface area (Å²) in [7, 11) is 0. The lowest BCUT2D eigenvalue weighted by molar-refractivity contribution is -0.897. The zero-order chi connectivity index (χ0) is 16.9. The average molecular weight is 347 g/mol. The van der Waals surface area contributed by atoms with Crippen LogP contribution in [0.4, 0.5) is 4.79 Å². The van der Waals surface area contributed by atoms with Gasteiger partial charge >= 0.3 is 6.03 Å². The van der Waals surface area contributed by atoms with Crippen LogP contribution in [-0.4, -0.2) is 43.1 Å². The lowest BCUT2D eigenvalue weighted by Crippen LogP contribution is -3.14. The summed E-state index contributed by atoms with van der Waals surface area (Å²) in [5.74, 6) is 0.270. The van der Waals surface area contributed by atoms with Crippen LogP contribution in [0.1, 0.15) is 30.7 Å². The Morgan fingerprint density at radius 2 is 2.04 bits per heavy atom. The zero-order valence-corrected chi connectivity index (χ0v) is 14.6. The second kappa shape index (κ2) is 7.72. The van der Waals surface area contributed by atoms with Crippen LogP contribution < -0.4 is 15.5 Å². The Morgan fingerprint density at radius 3 is 2.75 bits per heavy atom. The number of piperidine rings is 1. The third-order valence-corrected chi connectivity index (χ3v) is 5.55. The highest BCUT2D eigenvalue weighted by molar-refractivity contribution is 7.18. The first-order chi connectivity index (χ1) is 11.7. The molecule has 128 valence electrons. The van der Waals surface area contributed by atoms with Crippen LogP contribution in [0.3, 0.4) is 0 Å². The number of hydrogen-bond acceptors (Lipinski definition) is 4. The fourth-order valence-corrected chi connectivity index (χ4v) is 4.25. The highest BCUT2D eigenvalue weighted by atomic mass is 32.1. The minimum atomic E-state index is -0.411. The number of aromatic nitrogens is 1. The van der Waals surface area contributed by atoms with E-state index in [1.54, 1.807) is 11.3 Å². The lowest BCUT2D eigenvalue weighted by Gasteiger charge is -2.27. The standard InChI is InChI=1S/C17H22N4O2S/c1-2-18-17(23)20-15(22)11-21-9-7-12(8-10-21)16-19-13-5-3-4-6-14(13)24-16/h3-6,12H,2,7-11H2,1H3,(H2,18,20,22,23)/p+1. The fourth-order valence-electron chi connectivity index (χ4n) is 3.12. The Balaban J connectivity index is 1.50. The van der Waals surface area contributed by atoms with Crippen LogP contribution in [-0.2, 0) is 4.79 Å². The molecule has 2 heterocycles. The van der Waals surface area contributed by atoms with Crippen LogP contribution >= 0.6 is 11.3 Å². The van der Waals surface area contributed by atoms with E-state index in [1.807, 2.05) is 19.1 Å². The molecule has 1 fully saturated rings. The van der Waals surface area contributed by atoms with Crippen molar-refractivity contribution in [1.29, 1.82) is 0 Å². The number of hydrogen-bond donors (Lipinski definition) is 3. The van der Waals surface area contributed by atoms with Crippen molar-refractivity contribution >= 4 is 33.5 Å². The van der Waals surface area contributed by atoms with E-state index >= 15 is 0 Å². The molecule has 1 aromatic heterocycles. The molecular formula is C17H23N4O2S+. The number of quaternary nitrogens is 1. The van der Waals surface area contributed by atoms with Crippen molar-refractivity contribution < 1.29 is 14.5 Å². The summed E-state index contributed by atoms with van der Waals surface area (Å²) >= 11 is 1.78. The first-order valence-electron chi connectivity index (χ1n) is 8.42. The van der Waals surface area contributed by atoms with Gasteiger partial charge in [0.2, 0.25) is 0 Å². The predicted octanol–water partition coefficient (Wildman–Crippen LogP) is 0.904. The molecule has 0 unspecified atom stereocenters. The number of amides is 3. The van der Waals surface area contributed by atoms with Gasteiger partial charge in [-0.15, -0.1) is 11.3 Å². The smallest absolute Gasteiger partial charge is 0.321 e. The van der Waals surface area contributed by atoms with Gasteiger partial charge in [-0.05, 0) is 19.1 Å². The van der Waals surface area contributed by atoms with E-state index in [9.17, 15) is 9.59 Å². The molecule has 0 atom stereocenters. The van der Waals surface area contributed by atoms with Crippen molar-refractivity contribution in [1.82, 2.24) is 15.6 Å². The fraction of sp³-hybridized carbons (Fsp3) is 0.471. The van der Waals surface area contributed by atoms with Crippen molar-refractivity contribution in [2.75, 3.05) is 26.2 Å². The number of imide groups is 1. The highest BCUT2D eigenvalue weighted by Crippen LogP contribution is 2.31. The first-order valence-corrected chi connectivity index (χ1v) is 9.24. The van der Waals surface area contributed by atoms with E-state index in [4.69, 9.17) is 4.98 Å². The van der Waals surface area contributed by atoms with Crippen LogP contribution in [0, 0.1) is 0 Å². The van der Waals surface area contributed by atoms with Crippen molar-refractivity contribution in [3.05, 3.63) is 29.3 Å².